The summed E-state index contributed by atoms with van der Waals surface area (Å²) in [5.74, 6) is 0.161. The van der Waals surface area contributed by atoms with Gasteiger partial charge in [0.1, 0.15) is 5.37 Å². The number of nitrogens with zero attached hydrogens (tertiary/aromatic N) is 1. The van der Waals surface area contributed by atoms with Crippen LogP contribution in [0.15, 0.2) is 23.3 Å². The first-order valence-electron chi connectivity index (χ1n) is 3.15. The van der Waals surface area contributed by atoms with Crippen LogP contribution in [0.4, 0.5) is 0 Å². The number of carbonyl (C=O) groups is 1. The molecule has 2 aliphatic heterocycles. The van der Waals surface area contributed by atoms with Crippen LogP contribution in [-0.2, 0) is 4.79 Å². The van der Waals surface area contributed by atoms with Gasteiger partial charge in [-0.3, -0.25) is 9.69 Å². The molecule has 1 fully saturated rings. The van der Waals surface area contributed by atoms with Gasteiger partial charge in [0.15, 0.2) is 0 Å². The number of fused-ring (bicyclic) bond motifs is 1. The van der Waals surface area contributed by atoms with E-state index in [2.05, 4.69) is 0 Å². The summed E-state index contributed by atoms with van der Waals surface area (Å²) in [6, 6.07) is 0. The third-order valence-corrected chi connectivity index (χ3v) is 2.76. The van der Waals surface area contributed by atoms with Gasteiger partial charge in [0, 0.05) is 11.8 Å². The molecule has 0 bridgehead atoms. The van der Waals surface area contributed by atoms with Crippen LogP contribution in [0.25, 0.3) is 0 Å². The highest BCUT2D eigenvalue weighted by molar-refractivity contribution is 8.03. The van der Waals surface area contributed by atoms with Crippen LogP contribution >= 0.6 is 11.8 Å². The molecule has 0 aromatic heterocycles. The van der Waals surface area contributed by atoms with E-state index in [1.165, 1.54) is 0 Å². The van der Waals surface area contributed by atoms with Gasteiger partial charge in [0.25, 0.3) is 5.91 Å². The lowest BCUT2D eigenvalue weighted by molar-refractivity contribution is -0.130. The maximum Gasteiger partial charge on any atom is 0.257 e. The number of β-lactam (4-membered cyclic amide) rings is 1. The largest absolute Gasteiger partial charge is 0.298 e. The van der Waals surface area contributed by atoms with Gasteiger partial charge in [0.05, 0.1) is 0 Å². The van der Waals surface area contributed by atoms with Gasteiger partial charge in [-0.25, -0.2) is 0 Å². The van der Waals surface area contributed by atoms with Crippen molar-refractivity contribution in [2.24, 2.45) is 0 Å². The molecule has 1 amide bonds. The first-order valence-corrected chi connectivity index (χ1v) is 4.10. The zero-order valence-electron chi connectivity index (χ0n) is 5.57. The molecule has 1 atom stereocenters. The molecule has 0 unspecified atom stereocenters. The van der Waals surface area contributed by atoms with Crippen molar-refractivity contribution in [3.8, 4) is 0 Å². The summed E-state index contributed by atoms with van der Waals surface area (Å²) in [4.78, 5) is 12.8. The van der Waals surface area contributed by atoms with Crippen LogP contribution in [-0.4, -0.2) is 16.2 Å². The number of carbonyl (C=O) groups excluding carboxylic acids is 1. The molecule has 0 saturated carbocycles. The molecule has 10 heavy (non-hydrogen) atoms. The normalized spacial score (nSPS) is 32.9. The van der Waals surface area contributed by atoms with Crippen LogP contribution < -0.4 is 0 Å². The highest BCUT2D eigenvalue weighted by Crippen LogP contribution is 2.39. The van der Waals surface area contributed by atoms with Gasteiger partial charge in [-0.1, -0.05) is 6.08 Å². The van der Waals surface area contributed by atoms with Crippen molar-refractivity contribution in [1.29, 1.82) is 0 Å². The molecule has 2 aliphatic rings. The molecule has 2 rings (SSSR count). The zero-order chi connectivity index (χ0) is 7.14. The maximum atomic E-state index is 11.1. The summed E-state index contributed by atoms with van der Waals surface area (Å²) in [5, 5.41) is 2.26. The quantitative estimate of drug-likeness (QED) is 0.386. The van der Waals surface area contributed by atoms with Crippen molar-refractivity contribution in [2.45, 2.75) is 12.3 Å². The number of hydrogen-bond acceptors (Lipinski definition) is 2. The van der Waals surface area contributed by atoms with Gasteiger partial charge in [0.2, 0.25) is 0 Å². The summed E-state index contributed by atoms with van der Waals surface area (Å²) < 4.78 is 0. The van der Waals surface area contributed by atoms with E-state index in [0.29, 0.717) is 5.37 Å². The zero-order valence-corrected chi connectivity index (χ0v) is 6.39. The lowest BCUT2D eigenvalue weighted by Crippen LogP contribution is -2.47. The molecule has 0 aromatic rings. The SMILES string of the molecule is C/C=C1\C(=O)N2C=CS[C@H]12. The van der Waals surface area contributed by atoms with E-state index in [4.69, 9.17) is 0 Å². The van der Waals surface area contributed by atoms with E-state index in [1.54, 1.807) is 16.7 Å². The molecule has 0 aliphatic carbocycles. The number of rotatable bonds is 0. The molecule has 2 heterocycles. The van der Waals surface area contributed by atoms with Crippen molar-refractivity contribution in [1.82, 2.24) is 4.90 Å². The highest BCUT2D eigenvalue weighted by Gasteiger charge is 2.42. The van der Waals surface area contributed by atoms with Gasteiger partial charge < -0.3 is 0 Å². The Bertz CT molecular complexity index is 244. The number of hydrogen-bond donors (Lipinski definition) is 0. The van der Waals surface area contributed by atoms with Crippen molar-refractivity contribution in [3.63, 3.8) is 0 Å². The minimum atomic E-state index is 0.161. The second kappa shape index (κ2) is 1.89. The standard InChI is InChI=1S/C7H7NOS/c1-2-5-6(9)8-3-4-10-7(5)8/h2-4,7H,1H3/b5-2+/t7-/m1/s1. The molecule has 0 aromatic carbocycles. The second-order valence-electron chi connectivity index (χ2n) is 2.23. The Morgan fingerprint density at radius 1 is 1.80 bits per heavy atom. The maximum absolute atomic E-state index is 11.1. The first-order chi connectivity index (χ1) is 4.84. The molecule has 0 radical (unpaired) electrons. The molecule has 0 N–H and O–H groups in total. The molecule has 3 heteroatoms. The summed E-state index contributed by atoms with van der Waals surface area (Å²) in [7, 11) is 0. The van der Waals surface area contributed by atoms with Crippen LogP contribution in [0.5, 0.6) is 0 Å². The molecular weight excluding hydrogens is 146 g/mol. The van der Waals surface area contributed by atoms with Crippen molar-refractivity contribution < 1.29 is 4.79 Å². The van der Waals surface area contributed by atoms with E-state index in [9.17, 15) is 4.79 Å². The fourth-order valence-corrected chi connectivity index (χ4v) is 2.20. The third kappa shape index (κ3) is 0.534. The van der Waals surface area contributed by atoms with Gasteiger partial charge in [-0.2, -0.15) is 0 Å². The molecule has 1 saturated heterocycles. The van der Waals surface area contributed by atoms with E-state index < -0.39 is 0 Å². The van der Waals surface area contributed by atoms with Gasteiger partial charge in [-0.05, 0) is 12.3 Å². The van der Waals surface area contributed by atoms with E-state index in [0.717, 1.165) is 5.57 Å². The van der Waals surface area contributed by atoms with Crippen LogP contribution in [0, 0.1) is 0 Å². The second-order valence-corrected chi connectivity index (χ2v) is 3.22. The lowest BCUT2D eigenvalue weighted by Gasteiger charge is -2.35. The van der Waals surface area contributed by atoms with Gasteiger partial charge in [-0.15, -0.1) is 11.8 Å². The number of amides is 1. The molecule has 52 valence electrons. The Morgan fingerprint density at radius 2 is 2.60 bits per heavy atom. The summed E-state index contributed by atoms with van der Waals surface area (Å²) >= 11 is 1.68. The van der Waals surface area contributed by atoms with Crippen molar-refractivity contribution in [3.05, 3.63) is 23.3 Å². The Labute approximate surface area is 63.6 Å². The lowest BCUT2D eigenvalue weighted by atomic mass is 10.1. The minimum absolute atomic E-state index is 0.161. The predicted octanol–water partition coefficient (Wildman–Crippen LogP) is 1.32. The topological polar surface area (TPSA) is 20.3 Å². The van der Waals surface area contributed by atoms with Crippen molar-refractivity contribution >= 4 is 17.7 Å². The Hall–Kier alpha value is -0.700. The van der Waals surface area contributed by atoms with Gasteiger partial charge >= 0.3 is 0 Å². The van der Waals surface area contributed by atoms with Crippen LogP contribution in [0.2, 0.25) is 0 Å². The first kappa shape index (κ1) is 6.04. The minimum Gasteiger partial charge on any atom is -0.298 e. The Balaban J connectivity index is 2.28. The summed E-state index contributed by atoms with van der Waals surface area (Å²) in [6.45, 7) is 1.91. The predicted molar refractivity (Wildman–Crippen MR) is 41.1 cm³/mol. The highest BCUT2D eigenvalue weighted by atomic mass is 32.2. The van der Waals surface area contributed by atoms with E-state index >= 15 is 0 Å². The summed E-state index contributed by atoms with van der Waals surface area (Å²) in [5.41, 5.74) is 0.940. The van der Waals surface area contributed by atoms with Crippen LogP contribution in [0.3, 0.4) is 0 Å². The molecular formula is C7H7NOS. The van der Waals surface area contributed by atoms with E-state index in [1.807, 2.05) is 24.6 Å². The van der Waals surface area contributed by atoms with E-state index in [-0.39, 0.29) is 5.91 Å². The van der Waals surface area contributed by atoms with Crippen molar-refractivity contribution in [2.75, 3.05) is 0 Å². The van der Waals surface area contributed by atoms with Crippen LogP contribution in [0.1, 0.15) is 6.92 Å². The fourth-order valence-electron chi connectivity index (χ4n) is 1.17. The average molecular weight is 153 g/mol. The smallest absolute Gasteiger partial charge is 0.257 e. The number of thioether (sulfide) groups is 1. The third-order valence-electron chi connectivity index (χ3n) is 1.74. The number of allylic oxidation sites excluding steroid dienone is 1. The average Bonchev–Trinajstić information content (AvgIpc) is 2.33. The summed E-state index contributed by atoms with van der Waals surface area (Å²) in [6.07, 6.45) is 3.73. The monoisotopic (exact) mass is 153 g/mol. The fraction of sp³-hybridized carbons (Fsp3) is 0.286. The molecule has 0 spiro atoms. The Kier molecular flexibility index (Phi) is 1.14. The Morgan fingerprint density at radius 3 is 3.30 bits per heavy atom. The molecule has 2 nitrogen and oxygen atoms in total.